The lowest BCUT2D eigenvalue weighted by molar-refractivity contribution is 0.278. The van der Waals surface area contributed by atoms with Crippen molar-refractivity contribution in [3.05, 3.63) is 65.2 Å². The Bertz CT molecular complexity index is 704. The predicted molar refractivity (Wildman–Crippen MR) is 87.3 cm³/mol. The molecular weight excluding hydrogens is 322 g/mol. The van der Waals surface area contributed by atoms with Gasteiger partial charge in [0.1, 0.15) is 0 Å². The van der Waals surface area contributed by atoms with Gasteiger partial charge in [-0.15, -0.1) is 0 Å². The molecule has 2 N–H and O–H groups in total. The van der Waals surface area contributed by atoms with E-state index in [1.807, 2.05) is 30.3 Å². The number of halogens is 1. The smallest absolute Gasteiger partial charge is 0.241 e. The van der Waals surface area contributed by atoms with Gasteiger partial charge in [-0.1, -0.05) is 48.0 Å². The summed E-state index contributed by atoms with van der Waals surface area (Å²) in [5.41, 5.74) is 0.863. The highest BCUT2D eigenvalue weighted by molar-refractivity contribution is 7.89. The van der Waals surface area contributed by atoms with Crippen LogP contribution in [0.25, 0.3) is 0 Å². The minimum absolute atomic E-state index is 0.0161. The van der Waals surface area contributed by atoms with Gasteiger partial charge in [0.2, 0.25) is 10.0 Å². The third-order valence-electron chi connectivity index (χ3n) is 3.26. The first-order chi connectivity index (χ1) is 10.5. The summed E-state index contributed by atoms with van der Waals surface area (Å²) in [4.78, 5) is 0.130. The maximum Gasteiger partial charge on any atom is 0.241 e. The van der Waals surface area contributed by atoms with Crippen LogP contribution in [0.15, 0.2) is 59.5 Å². The van der Waals surface area contributed by atoms with E-state index in [0.29, 0.717) is 17.9 Å². The van der Waals surface area contributed by atoms with E-state index in [1.54, 1.807) is 12.1 Å². The van der Waals surface area contributed by atoms with Crippen LogP contribution in [-0.2, 0) is 10.0 Å². The predicted octanol–water partition coefficient (Wildman–Crippen LogP) is 3.13. The van der Waals surface area contributed by atoms with Crippen LogP contribution in [-0.4, -0.2) is 20.1 Å². The molecule has 2 aromatic carbocycles. The lowest BCUT2D eigenvalue weighted by Gasteiger charge is -2.19. The second-order valence-electron chi connectivity index (χ2n) is 4.91. The van der Waals surface area contributed by atoms with Crippen LogP contribution in [0.2, 0.25) is 5.02 Å². The molecule has 0 aliphatic heterocycles. The zero-order chi connectivity index (χ0) is 16.0. The van der Waals surface area contributed by atoms with Crippen molar-refractivity contribution in [2.24, 2.45) is 0 Å². The molecule has 0 aromatic heterocycles. The second kappa shape index (κ2) is 7.74. The summed E-state index contributed by atoms with van der Waals surface area (Å²) < 4.78 is 27.7. The number of rotatable bonds is 7. The fourth-order valence-electron chi connectivity index (χ4n) is 2.16. The van der Waals surface area contributed by atoms with Gasteiger partial charge in [0, 0.05) is 17.7 Å². The topological polar surface area (TPSA) is 66.4 Å². The minimum atomic E-state index is -3.68. The molecule has 0 spiro atoms. The zero-order valence-electron chi connectivity index (χ0n) is 11.9. The highest BCUT2D eigenvalue weighted by atomic mass is 35.5. The number of aliphatic hydroxyl groups excluding tert-OH is 1. The normalized spacial score (nSPS) is 13.0. The molecule has 2 rings (SSSR count). The van der Waals surface area contributed by atoms with E-state index < -0.39 is 16.1 Å². The van der Waals surface area contributed by atoms with Crippen molar-refractivity contribution in [3.63, 3.8) is 0 Å². The first-order valence-electron chi connectivity index (χ1n) is 6.96. The molecular formula is C16H18ClNO3S. The van der Waals surface area contributed by atoms with Gasteiger partial charge in [-0.3, -0.25) is 0 Å². The van der Waals surface area contributed by atoms with E-state index >= 15 is 0 Å². The number of hydrogen-bond donors (Lipinski definition) is 2. The number of hydrogen-bond acceptors (Lipinski definition) is 3. The highest BCUT2D eigenvalue weighted by Gasteiger charge is 2.21. The fraction of sp³-hybridized carbons (Fsp3) is 0.250. The fourth-order valence-corrected chi connectivity index (χ4v) is 3.72. The molecule has 6 heteroatoms. The van der Waals surface area contributed by atoms with Crippen LogP contribution < -0.4 is 4.72 Å². The Balaban J connectivity index is 2.26. The molecule has 0 fully saturated rings. The van der Waals surface area contributed by atoms with Gasteiger partial charge >= 0.3 is 0 Å². The molecule has 0 bridgehead atoms. The first kappa shape index (κ1) is 17.0. The van der Waals surface area contributed by atoms with Gasteiger partial charge in [-0.05, 0) is 36.6 Å². The Hall–Kier alpha value is -1.40. The summed E-state index contributed by atoms with van der Waals surface area (Å²) in [5, 5.41) is 9.39. The molecule has 0 radical (unpaired) electrons. The zero-order valence-corrected chi connectivity index (χ0v) is 13.5. The molecule has 0 aliphatic carbocycles. The van der Waals surface area contributed by atoms with Crippen molar-refractivity contribution in [1.29, 1.82) is 0 Å². The summed E-state index contributed by atoms with van der Waals surface area (Å²) in [6.07, 6.45) is 1.03. The van der Waals surface area contributed by atoms with Crippen LogP contribution in [0.5, 0.6) is 0 Å². The lowest BCUT2D eigenvalue weighted by atomic mass is 10.0. The minimum Gasteiger partial charge on any atom is -0.396 e. The van der Waals surface area contributed by atoms with Crippen molar-refractivity contribution in [3.8, 4) is 0 Å². The maximum absolute atomic E-state index is 12.5. The summed E-state index contributed by atoms with van der Waals surface area (Å²) >= 11 is 5.86. The Kier molecular flexibility index (Phi) is 5.97. The Morgan fingerprint density at radius 2 is 1.82 bits per heavy atom. The van der Waals surface area contributed by atoms with Crippen molar-refractivity contribution in [2.75, 3.05) is 6.61 Å². The average Bonchev–Trinajstić information content (AvgIpc) is 2.52. The van der Waals surface area contributed by atoms with Gasteiger partial charge < -0.3 is 5.11 Å². The van der Waals surface area contributed by atoms with Crippen LogP contribution in [0.3, 0.4) is 0 Å². The SMILES string of the molecule is O=S(=O)(NC(CCCO)c1ccccc1)c1cccc(Cl)c1. The molecule has 22 heavy (non-hydrogen) atoms. The van der Waals surface area contributed by atoms with Crippen molar-refractivity contribution >= 4 is 21.6 Å². The first-order valence-corrected chi connectivity index (χ1v) is 8.83. The number of sulfonamides is 1. The Morgan fingerprint density at radius 1 is 1.09 bits per heavy atom. The summed E-state index contributed by atoms with van der Waals surface area (Å²) in [5.74, 6) is 0. The van der Waals surface area contributed by atoms with Gasteiger partial charge in [-0.25, -0.2) is 13.1 Å². The molecule has 118 valence electrons. The van der Waals surface area contributed by atoms with E-state index in [4.69, 9.17) is 16.7 Å². The largest absolute Gasteiger partial charge is 0.396 e. The highest BCUT2D eigenvalue weighted by Crippen LogP contribution is 2.22. The number of nitrogens with one attached hydrogen (secondary N) is 1. The molecule has 0 saturated carbocycles. The average molecular weight is 340 g/mol. The second-order valence-corrected chi connectivity index (χ2v) is 7.06. The summed E-state index contributed by atoms with van der Waals surface area (Å²) in [6.45, 7) is 0.0161. The molecule has 0 aliphatic rings. The third kappa shape index (κ3) is 4.55. The van der Waals surface area contributed by atoms with Gasteiger partial charge in [0.15, 0.2) is 0 Å². The van der Waals surface area contributed by atoms with Crippen LogP contribution in [0, 0.1) is 0 Å². The van der Waals surface area contributed by atoms with E-state index in [2.05, 4.69) is 4.72 Å². The summed E-state index contributed by atoms with van der Waals surface area (Å²) in [7, 11) is -3.68. The van der Waals surface area contributed by atoms with E-state index in [1.165, 1.54) is 12.1 Å². The van der Waals surface area contributed by atoms with Crippen LogP contribution in [0.1, 0.15) is 24.4 Å². The Morgan fingerprint density at radius 3 is 2.45 bits per heavy atom. The Labute approximate surface area is 135 Å². The molecule has 2 aromatic rings. The molecule has 1 unspecified atom stereocenters. The van der Waals surface area contributed by atoms with Crippen LogP contribution >= 0.6 is 11.6 Å². The van der Waals surface area contributed by atoms with E-state index in [0.717, 1.165) is 5.56 Å². The van der Waals surface area contributed by atoms with Crippen molar-refractivity contribution in [1.82, 2.24) is 4.72 Å². The molecule has 0 heterocycles. The molecule has 0 saturated heterocycles. The van der Waals surface area contributed by atoms with Gasteiger partial charge in [0.25, 0.3) is 0 Å². The number of benzene rings is 2. The lowest BCUT2D eigenvalue weighted by Crippen LogP contribution is -2.29. The maximum atomic E-state index is 12.5. The van der Waals surface area contributed by atoms with Crippen LogP contribution in [0.4, 0.5) is 0 Å². The monoisotopic (exact) mass is 339 g/mol. The standard InChI is InChI=1S/C16H18ClNO3S/c17-14-8-4-9-15(12-14)22(20,21)18-16(10-5-11-19)13-6-2-1-3-7-13/h1-4,6-9,12,16,18-19H,5,10-11H2. The molecule has 1 atom stereocenters. The van der Waals surface area contributed by atoms with E-state index in [-0.39, 0.29) is 11.5 Å². The quantitative estimate of drug-likeness (QED) is 0.814. The summed E-state index contributed by atoms with van der Waals surface area (Å²) in [6, 6.07) is 15.1. The van der Waals surface area contributed by atoms with Crippen molar-refractivity contribution < 1.29 is 13.5 Å². The molecule has 0 amide bonds. The van der Waals surface area contributed by atoms with E-state index in [9.17, 15) is 8.42 Å². The van der Waals surface area contributed by atoms with Gasteiger partial charge in [0.05, 0.1) is 4.90 Å². The van der Waals surface area contributed by atoms with Gasteiger partial charge in [-0.2, -0.15) is 0 Å². The number of aliphatic hydroxyl groups is 1. The molecule has 4 nitrogen and oxygen atoms in total. The third-order valence-corrected chi connectivity index (χ3v) is 4.96. The van der Waals surface area contributed by atoms with Crippen molar-refractivity contribution in [2.45, 2.75) is 23.8 Å².